The topological polar surface area (TPSA) is 37.8 Å². The summed E-state index contributed by atoms with van der Waals surface area (Å²) in [7, 11) is 0. The molecule has 1 saturated carbocycles. The lowest BCUT2D eigenvalue weighted by Gasteiger charge is -2.22. The van der Waals surface area contributed by atoms with Crippen LogP contribution >= 0.6 is 11.3 Å². The van der Waals surface area contributed by atoms with Gasteiger partial charge in [0.25, 0.3) is 0 Å². The Kier molecular flexibility index (Phi) is 4.43. The van der Waals surface area contributed by atoms with Crippen molar-refractivity contribution in [2.75, 3.05) is 0 Å². The van der Waals surface area contributed by atoms with Crippen LogP contribution in [0.3, 0.4) is 0 Å². The first-order valence-corrected chi connectivity index (χ1v) is 8.25. The van der Waals surface area contributed by atoms with Crippen molar-refractivity contribution in [3.63, 3.8) is 0 Å². The van der Waals surface area contributed by atoms with Gasteiger partial charge in [-0.15, -0.1) is 11.3 Å². The quantitative estimate of drug-likeness (QED) is 0.925. The summed E-state index contributed by atoms with van der Waals surface area (Å²) in [6, 6.07) is 6.82. The summed E-state index contributed by atoms with van der Waals surface area (Å²) in [5.41, 5.74) is 2.09. The number of nitrogens with one attached hydrogen (secondary N) is 1. The molecule has 0 aliphatic heterocycles. The standard InChI is InChI=1S/C16H21N3S/c1-12-6-5-9-14(19-12)15-10-18-16(20-15)11-17-13-7-3-2-4-8-13/h5-6,9-10,13,17H,2-4,7-8,11H2,1H3. The van der Waals surface area contributed by atoms with Crippen LogP contribution in [-0.4, -0.2) is 16.0 Å². The molecule has 3 rings (SSSR count). The van der Waals surface area contributed by atoms with Crippen LogP contribution in [0.2, 0.25) is 0 Å². The zero-order chi connectivity index (χ0) is 13.8. The van der Waals surface area contributed by atoms with Crippen LogP contribution in [0, 0.1) is 6.92 Å². The highest BCUT2D eigenvalue weighted by atomic mass is 32.1. The number of aromatic nitrogens is 2. The van der Waals surface area contributed by atoms with Crippen LogP contribution in [-0.2, 0) is 6.54 Å². The Morgan fingerprint density at radius 1 is 1.25 bits per heavy atom. The van der Waals surface area contributed by atoms with Crippen LogP contribution < -0.4 is 5.32 Å². The summed E-state index contributed by atoms with van der Waals surface area (Å²) >= 11 is 1.75. The highest BCUT2D eigenvalue weighted by Gasteiger charge is 2.13. The largest absolute Gasteiger partial charge is 0.308 e. The Balaban J connectivity index is 1.61. The highest BCUT2D eigenvalue weighted by Crippen LogP contribution is 2.25. The molecule has 2 aromatic heterocycles. The molecule has 1 aliphatic rings. The van der Waals surface area contributed by atoms with Gasteiger partial charge in [0.15, 0.2) is 0 Å². The predicted octanol–water partition coefficient (Wildman–Crippen LogP) is 3.94. The lowest BCUT2D eigenvalue weighted by molar-refractivity contribution is 0.372. The van der Waals surface area contributed by atoms with Crippen molar-refractivity contribution >= 4 is 11.3 Å². The normalized spacial score (nSPS) is 16.4. The first kappa shape index (κ1) is 13.7. The van der Waals surface area contributed by atoms with E-state index in [9.17, 15) is 0 Å². The van der Waals surface area contributed by atoms with Gasteiger partial charge in [0, 0.05) is 24.5 Å². The fourth-order valence-corrected chi connectivity index (χ4v) is 3.57. The second kappa shape index (κ2) is 6.46. The summed E-state index contributed by atoms with van der Waals surface area (Å²) in [6.45, 7) is 2.91. The second-order valence-electron chi connectivity index (χ2n) is 5.50. The molecular formula is C16H21N3S. The zero-order valence-electron chi connectivity index (χ0n) is 11.9. The average molecular weight is 287 g/mol. The maximum Gasteiger partial charge on any atom is 0.107 e. The Morgan fingerprint density at radius 2 is 2.10 bits per heavy atom. The fourth-order valence-electron chi connectivity index (χ4n) is 2.73. The van der Waals surface area contributed by atoms with E-state index < -0.39 is 0 Å². The predicted molar refractivity (Wildman–Crippen MR) is 83.8 cm³/mol. The van der Waals surface area contributed by atoms with Crippen LogP contribution in [0.15, 0.2) is 24.4 Å². The van der Waals surface area contributed by atoms with Gasteiger partial charge >= 0.3 is 0 Å². The molecule has 106 valence electrons. The van der Waals surface area contributed by atoms with E-state index in [0.717, 1.165) is 27.8 Å². The highest BCUT2D eigenvalue weighted by molar-refractivity contribution is 7.15. The molecule has 1 N–H and O–H groups in total. The summed E-state index contributed by atoms with van der Waals surface area (Å²) in [5, 5.41) is 4.80. The lowest BCUT2D eigenvalue weighted by atomic mass is 9.96. The van der Waals surface area contributed by atoms with Crippen LogP contribution in [0.4, 0.5) is 0 Å². The van der Waals surface area contributed by atoms with Crippen LogP contribution in [0.5, 0.6) is 0 Å². The molecule has 0 amide bonds. The number of aryl methyl sites for hydroxylation is 1. The van der Waals surface area contributed by atoms with Gasteiger partial charge in [0.1, 0.15) is 5.01 Å². The third-order valence-electron chi connectivity index (χ3n) is 3.84. The number of hydrogen-bond acceptors (Lipinski definition) is 4. The number of nitrogens with zero attached hydrogens (tertiary/aromatic N) is 2. The first-order chi connectivity index (χ1) is 9.81. The van der Waals surface area contributed by atoms with E-state index in [2.05, 4.69) is 27.4 Å². The maximum atomic E-state index is 4.56. The molecule has 0 radical (unpaired) electrons. The SMILES string of the molecule is Cc1cccc(-c2cnc(CNC3CCCCC3)s2)n1. The van der Waals surface area contributed by atoms with Gasteiger partial charge in [-0.2, -0.15) is 0 Å². The molecule has 3 nitrogen and oxygen atoms in total. The third kappa shape index (κ3) is 3.44. The molecule has 1 aliphatic carbocycles. The number of thiazole rings is 1. The van der Waals surface area contributed by atoms with Gasteiger partial charge in [0.05, 0.1) is 10.6 Å². The van der Waals surface area contributed by atoms with E-state index >= 15 is 0 Å². The number of pyridine rings is 1. The molecule has 2 aromatic rings. The molecule has 1 fully saturated rings. The molecular weight excluding hydrogens is 266 g/mol. The smallest absolute Gasteiger partial charge is 0.107 e. The molecule has 0 bridgehead atoms. The zero-order valence-corrected chi connectivity index (χ0v) is 12.7. The molecule has 0 unspecified atom stereocenters. The van der Waals surface area contributed by atoms with Crippen molar-refractivity contribution in [2.24, 2.45) is 0 Å². The van der Waals surface area contributed by atoms with Gasteiger partial charge in [-0.3, -0.25) is 4.98 Å². The molecule has 0 aromatic carbocycles. The van der Waals surface area contributed by atoms with Gasteiger partial charge < -0.3 is 5.32 Å². The van der Waals surface area contributed by atoms with E-state index in [-0.39, 0.29) is 0 Å². The first-order valence-electron chi connectivity index (χ1n) is 7.43. The maximum absolute atomic E-state index is 4.56. The molecule has 4 heteroatoms. The lowest BCUT2D eigenvalue weighted by Crippen LogP contribution is -2.30. The molecule has 0 spiro atoms. The van der Waals surface area contributed by atoms with Gasteiger partial charge in [-0.25, -0.2) is 4.98 Å². The summed E-state index contributed by atoms with van der Waals surface area (Å²) in [5.74, 6) is 0. The summed E-state index contributed by atoms with van der Waals surface area (Å²) in [6.07, 6.45) is 8.72. The molecule has 0 atom stereocenters. The third-order valence-corrected chi connectivity index (χ3v) is 4.86. The Morgan fingerprint density at radius 3 is 2.90 bits per heavy atom. The molecule has 2 heterocycles. The van der Waals surface area contributed by atoms with E-state index in [1.807, 2.05) is 19.2 Å². The van der Waals surface area contributed by atoms with Crippen LogP contribution in [0.25, 0.3) is 10.6 Å². The fraction of sp³-hybridized carbons (Fsp3) is 0.500. The second-order valence-corrected chi connectivity index (χ2v) is 6.61. The molecule has 0 saturated heterocycles. The minimum Gasteiger partial charge on any atom is -0.308 e. The summed E-state index contributed by atoms with van der Waals surface area (Å²) < 4.78 is 0. The Labute approximate surface area is 124 Å². The Hall–Kier alpha value is -1.26. The average Bonchev–Trinajstić information content (AvgIpc) is 2.95. The van der Waals surface area contributed by atoms with Gasteiger partial charge in [0.2, 0.25) is 0 Å². The van der Waals surface area contributed by atoms with Crippen molar-refractivity contribution in [1.82, 2.24) is 15.3 Å². The van der Waals surface area contributed by atoms with E-state index in [4.69, 9.17) is 0 Å². The van der Waals surface area contributed by atoms with Crippen molar-refractivity contribution in [3.05, 3.63) is 35.1 Å². The van der Waals surface area contributed by atoms with E-state index in [1.165, 1.54) is 32.1 Å². The van der Waals surface area contributed by atoms with Gasteiger partial charge in [-0.05, 0) is 31.9 Å². The van der Waals surface area contributed by atoms with E-state index in [1.54, 1.807) is 11.3 Å². The molecule has 20 heavy (non-hydrogen) atoms. The van der Waals surface area contributed by atoms with Crippen molar-refractivity contribution < 1.29 is 0 Å². The van der Waals surface area contributed by atoms with Gasteiger partial charge in [-0.1, -0.05) is 25.3 Å². The van der Waals surface area contributed by atoms with Crippen molar-refractivity contribution in [1.29, 1.82) is 0 Å². The van der Waals surface area contributed by atoms with Crippen molar-refractivity contribution in [3.8, 4) is 10.6 Å². The van der Waals surface area contributed by atoms with Crippen molar-refractivity contribution in [2.45, 2.75) is 51.6 Å². The van der Waals surface area contributed by atoms with E-state index in [0.29, 0.717) is 6.04 Å². The Bertz CT molecular complexity index is 558. The number of hydrogen-bond donors (Lipinski definition) is 1. The van der Waals surface area contributed by atoms with Crippen LogP contribution in [0.1, 0.15) is 42.8 Å². The summed E-state index contributed by atoms with van der Waals surface area (Å²) in [4.78, 5) is 10.2. The monoisotopic (exact) mass is 287 g/mol. The minimum atomic E-state index is 0.688. The number of rotatable bonds is 4. The minimum absolute atomic E-state index is 0.688.